The second-order valence-electron chi connectivity index (χ2n) is 19.8. The fourth-order valence-electron chi connectivity index (χ4n) is 10.4. The van der Waals surface area contributed by atoms with Crippen LogP contribution in [0.2, 0.25) is 15.1 Å². The van der Waals surface area contributed by atoms with Crippen LogP contribution in [0.5, 0.6) is 0 Å². The second kappa shape index (κ2) is 30.0. The van der Waals surface area contributed by atoms with Gasteiger partial charge in [0.15, 0.2) is 0 Å². The number of fused-ring (bicyclic) bond motifs is 8. The summed E-state index contributed by atoms with van der Waals surface area (Å²) in [6, 6.07) is 41.2. The molecule has 13 rings (SSSR count). The molecule has 12 nitrogen and oxygen atoms in total. The zero-order valence-electron chi connectivity index (χ0n) is 48.6. The Hall–Kier alpha value is -4.61. The minimum atomic E-state index is -4.20. The lowest BCUT2D eigenvalue weighted by atomic mass is 10.1. The summed E-state index contributed by atoms with van der Waals surface area (Å²) in [6.45, 7) is 20.6. The van der Waals surface area contributed by atoms with Gasteiger partial charge in [-0.1, -0.05) is 132 Å². The fraction of sp³-hybridized carbons (Fsp3) is 0.138. The summed E-state index contributed by atoms with van der Waals surface area (Å²) >= 11 is 34.9. The topological polar surface area (TPSA) is 173 Å². The van der Waals surface area contributed by atoms with Crippen molar-refractivity contribution in [2.24, 2.45) is 0 Å². The van der Waals surface area contributed by atoms with Crippen molar-refractivity contribution in [1.29, 1.82) is 0 Å². The number of hydrogen-bond donors (Lipinski definition) is 3. The molecule has 0 unspecified atom stereocenters. The van der Waals surface area contributed by atoms with Crippen LogP contribution >= 0.6 is 136 Å². The van der Waals surface area contributed by atoms with Gasteiger partial charge < -0.3 is 14.7 Å². The van der Waals surface area contributed by atoms with Gasteiger partial charge in [0, 0.05) is 92.5 Å². The highest BCUT2D eigenvalue weighted by atomic mass is 79.9. The molecule has 0 aliphatic carbocycles. The highest BCUT2D eigenvalue weighted by Crippen LogP contribution is 2.53. The maximum atomic E-state index is 11.8. The van der Waals surface area contributed by atoms with Crippen LogP contribution in [0, 0.1) is 0 Å². The number of hydrogen-bond acceptors (Lipinski definition) is 15. The zero-order chi connectivity index (χ0) is 65.9. The maximum Gasteiger partial charge on any atom is 0.269 e. The summed E-state index contributed by atoms with van der Waals surface area (Å²) in [5.74, 6) is -1.31. The molecule has 26 heteroatoms. The first-order valence-electron chi connectivity index (χ1n) is 27.4. The van der Waals surface area contributed by atoms with Crippen molar-refractivity contribution in [2.75, 3.05) is 34.3 Å². The molecule has 3 aromatic heterocycles. The molecular formula is C65H56Br2Cl3N3O9S9. The van der Waals surface area contributed by atoms with Crippen LogP contribution in [-0.2, 0) is 47.6 Å². The lowest BCUT2D eigenvalue weighted by molar-refractivity contribution is 0.480. The fourth-order valence-corrected chi connectivity index (χ4v) is 21.1. The molecule has 3 N–H and O–H groups in total. The van der Waals surface area contributed by atoms with E-state index in [9.17, 15) is 38.9 Å². The molecule has 6 heterocycles. The molecule has 3 aliphatic heterocycles. The Kier molecular flexibility index (Phi) is 23.3. The van der Waals surface area contributed by atoms with Gasteiger partial charge in [-0.2, -0.15) is 25.3 Å². The minimum Gasteiger partial charge on any atom is -0.335 e. The Balaban J connectivity index is 0.000000157. The van der Waals surface area contributed by atoms with Crippen molar-refractivity contribution >= 4 is 243 Å². The van der Waals surface area contributed by atoms with E-state index in [0.29, 0.717) is 31.8 Å². The Morgan fingerprint density at radius 2 is 0.802 bits per heavy atom. The van der Waals surface area contributed by atoms with E-state index < -0.39 is 47.6 Å². The summed E-state index contributed by atoms with van der Waals surface area (Å²) in [7, 11) is -12.5. The summed E-state index contributed by atoms with van der Waals surface area (Å²) in [6.07, 6.45) is 6.03. The van der Waals surface area contributed by atoms with Gasteiger partial charge in [0.1, 0.15) is 17.3 Å². The largest absolute Gasteiger partial charge is 0.335 e. The van der Waals surface area contributed by atoms with E-state index in [1.54, 1.807) is 59.6 Å². The third-order valence-corrected chi connectivity index (χ3v) is 24.5. The van der Waals surface area contributed by atoms with E-state index in [4.69, 9.17) is 34.8 Å². The van der Waals surface area contributed by atoms with Crippen LogP contribution in [0.4, 0.5) is 17.1 Å². The van der Waals surface area contributed by atoms with Crippen molar-refractivity contribution in [1.82, 2.24) is 0 Å². The Morgan fingerprint density at radius 3 is 1.27 bits per heavy atom. The van der Waals surface area contributed by atoms with Crippen molar-refractivity contribution in [2.45, 2.75) is 52.7 Å². The molecule has 474 valence electrons. The zero-order valence-corrected chi connectivity index (χ0v) is 61.4. The van der Waals surface area contributed by atoms with E-state index in [2.05, 4.69) is 123 Å². The number of benzene rings is 7. The van der Waals surface area contributed by atoms with Crippen molar-refractivity contribution in [3.8, 4) is 0 Å². The Labute approximate surface area is 586 Å². The first kappa shape index (κ1) is 70.7. The Bertz CT molecular complexity index is 4730. The van der Waals surface area contributed by atoms with Crippen LogP contribution in [0.1, 0.15) is 52.1 Å². The van der Waals surface area contributed by atoms with Crippen LogP contribution in [-0.4, -0.2) is 58.5 Å². The highest BCUT2D eigenvalue weighted by molar-refractivity contribution is 9.10. The van der Waals surface area contributed by atoms with Gasteiger partial charge in [-0.15, -0.1) is 60.3 Å². The smallest absolute Gasteiger partial charge is 0.269 e. The average Bonchev–Trinajstić information content (AvgIpc) is 1.65. The molecule has 7 aromatic carbocycles. The van der Waals surface area contributed by atoms with Crippen LogP contribution in [0.25, 0.3) is 59.3 Å². The third kappa shape index (κ3) is 16.6. The monoisotopic (exact) mass is 1570 g/mol. The van der Waals surface area contributed by atoms with E-state index in [-0.39, 0.29) is 0 Å². The molecular weight excluding hydrogens is 1520 g/mol. The summed E-state index contributed by atoms with van der Waals surface area (Å²) in [5.41, 5.74) is 5.11. The number of halogens is 5. The predicted molar refractivity (Wildman–Crippen MR) is 402 cm³/mol. The van der Waals surface area contributed by atoms with Gasteiger partial charge in [0.25, 0.3) is 30.4 Å². The molecule has 0 spiro atoms. The molecule has 0 amide bonds. The lowest BCUT2D eigenvalue weighted by Crippen LogP contribution is -2.16. The van der Waals surface area contributed by atoms with E-state index >= 15 is 0 Å². The molecule has 3 aliphatic rings. The molecule has 10 aromatic rings. The summed E-state index contributed by atoms with van der Waals surface area (Å²) < 4.78 is 103. The van der Waals surface area contributed by atoms with E-state index in [1.807, 2.05) is 91.9 Å². The van der Waals surface area contributed by atoms with Gasteiger partial charge in [0.05, 0.1) is 32.1 Å². The molecule has 0 saturated heterocycles. The molecule has 0 saturated carbocycles. The van der Waals surface area contributed by atoms with E-state index in [0.717, 1.165) is 110 Å². The van der Waals surface area contributed by atoms with Crippen LogP contribution in [0.15, 0.2) is 192 Å². The van der Waals surface area contributed by atoms with Crippen molar-refractivity contribution in [3.05, 3.63) is 224 Å². The first-order valence-corrected chi connectivity index (χ1v) is 39.9. The lowest BCUT2D eigenvalue weighted by Gasteiger charge is -2.19. The average molecular weight is 1580 g/mol. The van der Waals surface area contributed by atoms with Crippen molar-refractivity contribution < 1.29 is 38.9 Å². The number of thioether (sulfide) groups is 3. The van der Waals surface area contributed by atoms with Gasteiger partial charge >= 0.3 is 0 Å². The highest BCUT2D eigenvalue weighted by Gasteiger charge is 2.30. The van der Waals surface area contributed by atoms with Gasteiger partial charge in [0.2, 0.25) is 0 Å². The quantitative estimate of drug-likeness (QED) is 0.0778. The number of anilines is 3. The molecule has 0 atom stereocenters. The number of nitrogens with zero attached hydrogens (tertiary/aromatic N) is 3. The summed E-state index contributed by atoms with van der Waals surface area (Å²) in [5, 5.41) is 9.50. The Morgan fingerprint density at radius 1 is 0.440 bits per heavy atom. The number of thiophene rings is 3. The first-order chi connectivity index (χ1) is 43.3. The standard InChI is InChI=1S/C23H18ClNO3S3.C19H15Br2NO3S3.C19H15Cl2NO3S3.2C2H4/c1-2-25-22(30-20-9-7-14-5-3-4-6-16(14)23(20)25)12-21-18(13-31(26,27)28)17-11-15(24)8-10-19(17)29-21;2*1-2-22-15-8-12(21)4-6-17(15)27-19(22)9-18-14(10-28(23,24)25)13-7-11(20)3-5-16(13)26-18;2*1-2/h3-12H,2,13H2,1H3,(H,26,27,28);2*3-9H,2,10H2,1H3,(H,23,24,25);2*1-2H2. The molecule has 91 heavy (non-hydrogen) atoms. The minimum absolute atomic E-state index is 0.405. The van der Waals surface area contributed by atoms with Crippen LogP contribution in [0.3, 0.4) is 0 Å². The normalized spacial score (nSPS) is 14.9. The molecule has 0 fully saturated rings. The van der Waals surface area contributed by atoms with Gasteiger partial charge in [-0.25, -0.2) is 0 Å². The predicted octanol–water partition coefficient (Wildman–Crippen LogP) is 21.9. The number of rotatable bonds is 12. The second-order valence-corrected chi connectivity index (χ2v) is 33.7. The third-order valence-electron chi connectivity index (χ3n) is 14.0. The van der Waals surface area contributed by atoms with Gasteiger partial charge in [-0.3, -0.25) is 13.7 Å². The SMILES string of the molecule is C=C.C=C.CCN1C(=Cc2sc3ccc(Br)cc3c2CS(=O)(=O)O)Sc2ccc(Br)cc21.CCN1C(=Cc2sc3ccc(Cl)cc3c2CS(=O)(=O)O)Sc2ccc(Cl)cc21.CCN1C(=Cc2sc3ccc(Cl)cc3c2CS(=O)(=O)O)Sc2ccc3ccccc3c21. The van der Waals surface area contributed by atoms with Gasteiger partial charge in [-0.05, 0) is 174 Å². The maximum absolute atomic E-state index is 11.8. The van der Waals surface area contributed by atoms with E-state index in [1.165, 1.54) is 55.4 Å². The van der Waals surface area contributed by atoms with Crippen LogP contribution < -0.4 is 14.7 Å². The van der Waals surface area contributed by atoms with Crippen molar-refractivity contribution in [3.63, 3.8) is 0 Å². The summed E-state index contributed by atoms with van der Waals surface area (Å²) in [4.78, 5) is 12.5. The molecule has 0 bridgehead atoms. The molecule has 0 radical (unpaired) electrons.